The van der Waals surface area contributed by atoms with E-state index in [1.165, 1.54) is 0 Å². The van der Waals surface area contributed by atoms with Crippen LogP contribution in [0.3, 0.4) is 0 Å². The first-order chi connectivity index (χ1) is 4.66. The van der Waals surface area contributed by atoms with Crippen molar-refractivity contribution in [2.45, 2.75) is 0 Å². The van der Waals surface area contributed by atoms with Gasteiger partial charge in [0.15, 0.2) is 6.61 Å². The molecule has 0 radical (unpaired) electrons. The zero-order chi connectivity index (χ0) is 7.98. The van der Waals surface area contributed by atoms with Gasteiger partial charge in [-0.1, -0.05) is 0 Å². The molecule has 0 aliphatic heterocycles. The van der Waals surface area contributed by atoms with Crippen molar-refractivity contribution in [3.05, 3.63) is 0 Å². The van der Waals surface area contributed by atoms with Crippen molar-refractivity contribution in [2.24, 2.45) is 0 Å². The summed E-state index contributed by atoms with van der Waals surface area (Å²) in [6.07, 6.45) is 0. The van der Waals surface area contributed by atoms with E-state index in [-0.39, 0.29) is 12.5 Å². The summed E-state index contributed by atoms with van der Waals surface area (Å²) in [6, 6.07) is 0. The minimum absolute atomic E-state index is 0.250. The Bertz CT molecular complexity index is 142. The summed E-state index contributed by atoms with van der Waals surface area (Å²) in [6.45, 7) is -0.250. The first-order valence-corrected chi connectivity index (χ1v) is 4.74. The number of carbonyl (C=O) groups is 1. The Labute approximate surface area is 64.5 Å². The fourth-order valence-corrected chi connectivity index (χ4v) is 0.690. The maximum absolute atomic E-state index is 10.5. The van der Waals surface area contributed by atoms with Crippen molar-refractivity contribution < 1.29 is 13.9 Å². The molecule has 0 fully saturated rings. The summed E-state index contributed by atoms with van der Waals surface area (Å²) in [5, 5.41) is 0. The van der Waals surface area contributed by atoms with E-state index in [0.717, 1.165) is 0 Å². The fourth-order valence-electron chi connectivity index (χ4n) is 0.289. The minimum Gasteiger partial charge on any atom is -0.290 e. The average molecular weight is 183 g/mol. The number of hydrogen-bond donors (Lipinski definition) is 3. The van der Waals surface area contributed by atoms with Gasteiger partial charge in [-0.15, -0.1) is 4.52 Å². The first kappa shape index (κ1) is 9.84. The fraction of sp³-hybridized carbons (Fsp3) is 0.667. The highest BCUT2D eigenvalue weighted by Crippen LogP contribution is 2.25. The van der Waals surface area contributed by atoms with Crippen LogP contribution < -0.4 is 10.9 Å². The van der Waals surface area contributed by atoms with Gasteiger partial charge in [0.25, 0.3) is 5.91 Å². The molecule has 0 aromatic carbocycles. The molecule has 0 rings (SSSR count). The molecule has 0 saturated heterocycles. The van der Waals surface area contributed by atoms with Gasteiger partial charge in [0.05, 0.1) is 0 Å². The van der Waals surface area contributed by atoms with Gasteiger partial charge in [0, 0.05) is 7.05 Å². The Morgan fingerprint density at radius 1 is 1.80 bits per heavy atom. The lowest BCUT2D eigenvalue weighted by atomic mass is 10.7. The topological polar surface area (TPSA) is 67.4 Å². The number of nitrogens with one attached hydrogen (secondary N) is 2. The molecule has 5 nitrogen and oxygen atoms in total. The second kappa shape index (κ2) is 5.61. The Morgan fingerprint density at radius 2 is 2.40 bits per heavy atom. The van der Waals surface area contributed by atoms with Crippen molar-refractivity contribution in [3.8, 4) is 0 Å². The standard InChI is InChI=1S/C3H7N2O3PS/c1-4-5-3(6)2-8-9(7)10/h4H,2H2,1H3,(H-,5,6,7,10)/p+1. The molecule has 0 aliphatic rings. The second-order valence-corrected chi connectivity index (χ2v) is 3.02. The predicted molar refractivity (Wildman–Crippen MR) is 39.7 cm³/mol. The Morgan fingerprint density at radius 3 is 2.80 bits per heavy atom. The van der Waals surface area contributed by atoms with Crippen LogP contribution in [0.4, 0.5) is 0 Å². The van der Waals surface area contributed by atoms with Crippen molar-refractivity contribution in [1.82, 2.24) is 10.9 Å². The van der Waals surface area contributed by atoms with E-state index in [1.807, 2.05) is 0 Å². The van der Waals surface area contributed by atoms with Crippen LogP contribution in [0.5, 0.6) is 0 Å². The zero-order valence-electron chi connectivity index (χ0n) is 5.33. The molecule has 0 saturated carbocycles. The van der Waals surface area contributed by atoms with E-state index >= 15 is 0 Å². The number of carbonyl (C=O) groups excluding carboxylic acids is 1. The highest BCUT2D eigenvalue weighted by Gasteiger charge is 2.12. The number of amides is 1. The van der Waals surface area contributed by atoms with E-state index in [9.17, 15) is 9.36 Å². The summed E-state index contributed by atoms with van der Waals surface area (Å²) >= 11 is 3.43. The summed E-state index contributed by atoms with van der Waals surface area (Å²) in [7, 11) is -0.448. The molecular formula is C3H8N2O3PS+. The Balaban J connectivity index is 3.30. The molecule has 1 amide bonds. The van der Waals surface area contributed by atoms with Crippen LogP contribution in [0.25, 0.3) is 0 Å². The quantitative estimate of drug-likeness (QED) is 0.322. The van der Waals surface area contributed by atoms with Gasteiger partial charge in [-0.05, 0) is 4.57 Å². The lowest BCUT2D eigenvalue weighted by molar-refractivity contribution is -0.123. The predicted octanol–water partition coefficient (Wildman–Crippen LogP) is -0.159. The minimum atomic E-state index is -1.99. The second-order valence-electron chi connectivity index (χ2n) is 1.31. The molecule has 0 spiro atoms. The largest absolute Gasteiger partial charge is 0.582 e. The summed E-state index contributed by atoms with van der Waals surface area (Å²) in [5.74, 6) is -0.389. The number of hydrogen-bond acceptors (Lipinski definition) is 4. The monoisotopic (exact) mass is 183 g/mol. The highest BCUT2D eigenvalue weighted by molar-refractivity contribution is 8.39. The van der Waals surface area contributed by atoms with Crippen LogP contribution in [0.15, 0.2) is 0 Å². The van der Waals surface area contributed by atoms with Crippen LogP contribution in [-0.2, 0) is 13.9 Å². The van der Waals surface area contributed by atoms with E-state index in [1.54, 1.807) is 7.05 Å². The molecule has 7 heteroatoms. The van der Waals surface area contributed by atoms with Crippen LogP contribution >= 0.6 is 19.5 Å². The molecule has 1 unspecified atom stereocenters. The number of hydrazine groups is 1. The van der Waals surface area contributed by atoms with Gasteiger partial charge < -0.3 is 0 Å². The zero-order valence-corrected chi connectivity index (χ0v) is 7.12. The van der Waals surface area contributed by atoms with E-state index in [4.69, 9.17) is 0 Å². The van der Waals surface area contributed by atoms with Gasteiger partial charge in [0.2, 0.25) is 0 Å². The van der Waals surface area contributed by atoms with Crippen molar-refractivity contribution in [1.29, 1.82) is 0 Å². The molecule has 0 aromatic rings. The third-order valence-corrected chi connectivity index (χ3v) is 1.27. The van der Waals surface area contributed by atoms with Crippen molar-refractivity contribution in [3.63, 3.8) is 0 Å². The summed E-state index contributed by atoms with van der Waals surface area (Å²) in [4.78, 5) is 10.5. The highest BCUT2D eigenvalue weighted by atomic mass is 32.7. The van der Waals surface area contributed by atoms with Crippen LogP contribution in [0.1, 0.15) is 0 Å². The van der Waals surface area contributed by atoms with Gasteiger partial charge in [-0.2, -0.15) is 0 Å². The normalized spacial score (nSPS) is 10.8. The molecule has 58 valence electrons. The first-order valence-electron chi connectivity index (χ1n) is 2.41. The van der Waals surface area contributed by atoms with Crippen LogP contribution in [0.2, 0.25) is 0 Å². The van der Waals surface area contributed by atoms with E-state index < -0.39 is 7.23 Å². The van der Waals surface area contributed by atoms with E-state index in [0.29, 0.717) is 0 Å². The molecule has 1 atom stereocenters. The smallest absolute Gasteiger partial charge is 0.290 e. The number of thiol groups is 1. The number of rotatable bonds is 4. The maximum Gasteiger partial charge on any atom is 0.582 e. The van der Waals surface area contributed by atoms with Crippen molar-refractivity contribution in [2.75, 3.05) is 13.7 Å². The van der Waals surface area contributed by atoms with Gasteiger partial charge in [-0.3, -0.25) is 10.2 Å². The molecule has 10 heavy (non-hydrogen) atoms. The molecule has 0 bridgehead atoms. The third-order valence-electron chi connectivity index (χ3n) is 0.571. The SMILES string of the molecule is CNNC(=O)CO[P+](=O)S. The Hall–Kier alpha value is -0.160. The third kappa shape index (κ3) is 5.97. The summed E-state index contributed by atoms with van der Waals surface area (Å²) < 4.78 is 14.5. The molecular weight excluding hydrogens is 175 g/mol. The molecule has 0 aromatic heterocycles. The lowest BCUT2D eigenvalue weighted by Crippen LogP contribution is -2.36. The van der Waals surface area contributed by atoms with Crippen LogP contribution in [0, 0.1) is 0 Å². The Kier molecular flexibility index (Phi) is 5.52. The van der Waals surface area contributed by atoms with E-state index in [2.05, 4.69) is 27.6 Å². The maximum atomic E-state index is 10.5. The average Bonchev–Trinajstić information content (AvgIpc) is 1.85. The molecule has 2 N–H and O–H groups in total. The molecule has 0 aliphatic carbocycles. The lowest BCUT2D eigenvalue weighted by Gasteiger charge is -1.96. The van der Waals surface area contributed by atoms with Crippen LogP contribution in [-0.4, -0.2) is 19.6 Å². The van der Waals surface area contributed by atoms with Gasteiger partial charge in [-0.25, -0.2) is 5.43 Å². The van der Waals surface area contributed by atoms with Crippen molar-refractivity contribution >= 4 is 25.4 Å². The summed E-state index contributed by atoms with van der Waals surface area (Å²) in [5.41, 5.74) is 4.62. The molecule has 0 heterocycles. The van der Waals surface area contributed by atoms with Gasteiger partial charge in [0.1, 0.15) is 12.2 Å². The van der Waals surface area contributed by atoms with Gasteiger partial charge >= 0.3 is 7.23 Å².